The zero-order valence-electron chi connectivity index (χ0n) is 8.56. The van der Waals surface area contributed by atoms with Gasteiger partial charge in [-0.25, -0.2) is 8.78 Å². The van der Waals surface area contributed by atoms with Gasteiger partial charge in [-0.05, 0) is 28.4 Å². The van der Waals surface area contributed by atoms with Gasteiger partial charge < -0.3 is 11.1 Å². The molecule has 3 N–H and O–H groups in total. The van der Waals surface area contributed by atoms with E-state index in [1.165, 1.54) is 6.07 Å². The van der Waals surface area contributed by atoms with Crippen LogP contribution in [0.5, 0.6) is 0 Å². The molecule has 1 amide bonds. The SMILES string of the molecule is CCC(Nc1cc(Br)c(F)cc1F)C(N)=O. The van der Waals surface area contributed by atoms with Crippen LogP contribution < -0.4 is 11.1 Å². The van der Waals surface area contributed by atoms with Gasteiger partial charge in [0.25, 0.3) is 0 Å². The summed E-state index contributed by atoms with van der Waals surface area (Å²) in [5, 5.41) is 2.62. The van der Waals surface area contributed by atoms with E-state index in [1.54, 1.807) is 6.92 Å². The third-order valence-corrected chi connectivity index (χ3v) is 2.70. The van der Waals surface area contributed by atoms with Crippen molar-refractivity contribution in [1.82, 2.24) is 0 Å². The molecule has 0 saturated carbocycles. The Morgan fingerprint density at radius 2 is 2.12 bits per heavy atom. The maximum Gasteiger partial charge on any atom is 0.239 e. The number of anilines is 1. The van der Waals surface area contributed by atoms with Gasteiger partial charge in [-0.1, -0.05) is 6.92 Å². The number of hydrogen-bond acceptors (Lipinski definition) is 2. The fourth-order valence-corrected chi connectivity index (χ4v) is 1.54. The van der Waals surface area contributed by atoms with Gasteiger partial charge in [-0.15, -0.1) is 0 Å². The van der Waals surface area contributed by atoms with Gasteiger partial charge in [-0.3, -0.25) is 4.79 Å². The largest absolute Gasteiger partial charge is 0.371 e. The normalized spacial score (nSPS) is 12.2. The van der Waals surface area contributed by atoms with Crippen LogP contribution in [0, 0.1) is 11.6 Å². The molecule has 0 saturated heterocycles. The minimum Gasteiger partial charge on any atom is -0.371 e. The molecule has 1 aromatic rings. The first-order valence-electron chi connectivity index (χ1n) is 4.66. The van der Waals surface area contributed by atoms with Crippen LogP contribution in [0.4, 0.5) is 14.5 Å². The molecule has 0 heterocycles. The molecule has 1 unspecified atom stereocenters. The van der Waals surface area contributed by atoms with Gasteiger partial charge in [0.1, 0.15) is 17.7 Å². The van der Waals surface area contributed by atoms with Crippen LogP contribution in [0.3, 0.4) is 0 Å². The number of carbonyl (C=O) groups is 1. The topological polar surface area (TPSA) is 55.1 Å². The second kappa shape index (κ2) is 5.25. The Labute approximate surface area is 100 Å². The maximum atomic E-state index is 13.3. The summed E-state index contributed by atoms with van der Waals surface area (Å²) in [6.07, 6.45) is 0.420. The molecule has 6 heteroatoms. The molecule has 1 rings (SSSR count). The minimum atomic E-state index is -0.764. The Balaban J connectivity index is 2.96. The number of benzene rings is 1. The third kappa shape index (κ3) is 2.91. The number of primary amides is 1. The monoisotopic (exact) mass is 292 g/mol. The summed E-state index contributed by atoms with van der Waals surface area (Å²) >= 11 is 2.93. The summed E-state index contributed by atoms with van der Waals surface area (Å²) in [4.78, 5) is 10.9. The Morgan fingerprint density at radius 3 is 2.62 bits per heavy atom. The molecule has 0 aliphatic heterocycles. The van der Waals surface area contributed by atoms with Crippen LogP contribution >= 0.6 is 15.9 Å². The van der Waals surface area contributed by atoms with Crippen molar-refractivity contribution >= 4 is 27.5 Å². The number of nitrogens with one attached hydrogen (secondary N) is 1. The van der Waals surface area contributed by atoms with Gasteiger partial charge in [-0.2, -0.15) is 0 Å². The fraction of sp³-hybridized carbons (Fsp3) is 0.300. The molecule has 3 nitrogen and oxygen atoms in total. The number of carbonyl (C=O) groups excluding carboxylic acids is 1. The van der Waals surface area contributed by atoms with Gasteiger partial charge in [0, 0.05) is 6.07 Å². The van der Waals surface area contributed by atoms with Crippen molar-refractivity contribution in [3.8, 4) is 0 Å². The third-order valence-electron chi connectivity index (χ3n) is 2.09. The van der Waals surface area contributed by atoms with Crippen LogP contribution in [0.15, 0.2) is 16.6 Å². The lowest BCUT2D eigenvalue weighted by atomic mass is 10.2. The Morgan fingerprint density at radius 1 is 1.50 bits per heavy atom. The van der Waals surface area contributed by atoms with Crippen LogP contribution in [0.2, 0.25) is 0 Å². The summed E-state index contributed by atoms with van der Waals surface area (Å²) in [6.45, 7) is 1.74. The van der Waals surface area contributed by atoms with Gasteiger partial charge >= 0.3 is 0 Å². The van der Waals surface area contributed by atoms with Crippen LogP contribution in [-0.4, -0.2) is 11.9 Å². The molecule has 0 spiro atoms. The van der Waals surface area contributed by atoms with E-state index in [9.17, 15) is 13.6 Å². The second-order valence-electron chi connectivity index (χ2n) is 3.25. The van der Waals surface area contributed by atoms with E-state index in [0.717, 1.165) is 6.07 Å². The molecule has 1 atom stereocenters. The zero-order valence-corrected chi connectivity index (χ0v) is 10.1. The molecular formula is C10H11BrF2N2O. The van der Waals surface area contributed by atoms with Crippen LogP contribution in [0.25, 0.3) is 0 Å². The van der Waals surface area contributed by atoms with Gasteiger partial charge in [0.2, 0.25) is 5.91 Å². The number of nitrogens with two attached hydrogens (primary N) is 1. The first-order chi connectivity index (χ1) is 7.45. The average molecular weight is 293 g/mol. The standard InChI is InChI=1S/C10H11BrF2N2O/c1-2-8(10(14)16)15-9-3-5(11)6(12)4-7(9)13/h3-4,8,15H,2H2,1H3,(H2,14,16). The molecule has 0 radical (unpaired) electrons. The van der Waals surface area contributed by atoms with E-state index >= 15 is 0 Å². The predicted molar refractivity (Wildman–Crippen MR) is 61.0 cm³/mol. The minimum absolute atomic E-state index is 0.0407. The molecule has 88 valence electrons. The zero-order chi connectivity index (χ0) is 12.3. The molecule has 0 aliphatic carbocycles. The van der Waals surface area contributed by atoms with Crippen molar-refractivity contribution in [2.75, 3.05) is 5.32 Å². The van der Waals surface area contributed by atoms with Crippen molar-refractivity contribution in [2.24, 2.45) is 5.73 Å². The summed E-state index contributed by atoms with van der Waals surface area (Å²) < 4.78 is 26.4. The molecule has 0 aromatic heterocycles. The van der Waals surface area contributed by atoms with E-state index in [-0.39, 0.29) is 10.2 Å². The lowest BCUT2D eigenvalue weighted by Crippen LogP contribution is -2.35. The highest BCUT2D eigenvalue weighted by atomic mass is 79.9. The highest BCUT2D eigenvalue weighted by Gasteiger charge is 2.15. The Hall–Kier alpha value is -1.17. The van der Waals surface area contributed by atoms with E-state index in [2.05, 4.69) is 21.2 Å². The van der Waals surface area contributed by atoms with Crippen molar-refractivity contribution < 1.29 is 13.6 Å². The van der Waals surface area contributed by atoms with Gasteiger partial charge in [0.15, 0.2) is 0 Å². The summed E-state index contributed by atoms with van der Waals surface area (Å²) in [7, 11) is 0. The molecule has 0 bridgehead atoms. The lowest BCUT2D eigenvalue weighted by molar-refractivity contribution is -0.118. The highest BCUT2D eigenvalue weighted by molar-refractivity contribution is 9.10. The van der Waals surface area contributed by atoms with Crippen molar-refractivity contribution in [3.63, 3.8) is 0 Å². The summed E-state index contributed by atoms with van der Waals surface area (Å²) in [5.41, 5.74) is 5.14. The number of halogens is 3. The molecule has 16 heavy (non-hydrogen) atoms. The van der Waals surface area contributed by atoms with Crippen LogP contribution in [-0.2, 0) is 4.79 Å². The van der Waals surface area contributed by atoms with E-state index in [0.29, 0.717) is 6.42 Å². The molecule has 0 aliphatic rings. The second-order valence-corrected chi connectivity index (χ2v) is 4.11. The lowest BCUT2D eigenvalue weighted by Gasteiger charge is -2.15. The Kier molecular flexibility index (Phi) is 4.23. The van der Waals surface area contributed by atoms with E-state index < -0.39 is 23.6 Å². The molecule has 0 fully saturated rings. The van der Waals surface area contributed by atoms with E-state index in [1.807, 2.05) is 0 Å². The first kappa shape index (κ1) is 12.9. The first-order valence-corrected chi connectivity index (χ1v) is 5.45. The van der Waals surface area contributed by atoms with Gasteiger partial charge in [0.05, 0.1) is 10.2 Å². The van der Waals surface area contributed by atoms with Crippen molar-refractivity contribution in [3.05, 3.63) is 28.2 Å². The predicted octanol–water partition coefficient (Wildman–Crippen LogP) is 2.40. The number of rotatable bonds is 4. The number of hydrogen-bond donors (Lipinski definition) is 2. The highest BCUT2D eigenvalue weighted by Crippen LogP contribution is 2.24. The quantitative estimate of drug-likeness (QED) is 0.838. The number of amides is 1. The summed E-state index contributed by atoms with van der Waals surface area (Å²) in [6, 6.07) is 1.29. The van der Waals surface area contributed by atoms with E-state index in [4.69, 9.17) is 5.73 Å². The smallest absolute Gasteiger partial charge is 0.239 e. The molecule has 1 aromatic carbocycles. The average Bonchev–Trinajstić information content (AvgIpc) is 2.21. The fourth-order valence-electron chi connectivity index (χ4n) is 1.20. The van der Waals surface area contributed by atoms with Crippen molar-refractivity contribution in [2.45, 2.75) is 19.4 Å². The maximum absolute atomic E-state index is 13.3. The summed E-state index contributed by atoms with van der Waals surface area (Å²) in [5.74, 6) is -2.04. The van der Waals surface area contributed by atoms with Crippen molar-refractivity contribution in [1.29, 1.82) is 0 Å². The van der Waals surface area contributed by atoms with Crippen LogP contribution in [0.1, 0.15) is 13.3 Å². The Bertz CT molecular complexity index is 412. The molecular weight excluding hydrogens is 282 g/mol.